The fourth-order valence-electron chi connectivity index (χ4n) is 1.14. The van der Waals surface area contributed by atoms with Gasteiger partial charge >= 0.3 is 0 Å². The molecule has 0 radical (unpaired) electrons. The lowest BCUT2D eigenvalue weighted by Crippen LogP contribution is -1.92. The van der Waals surface area contributed by atoms with Gasteiger partial charge in [-0.1, -0.05) is 11.6 Å². The highest BCUT2D eigenvalue weighted by Gasteiger charge is 2.05. The van der Waals surface area contributed by atoms with E-state index >= 15 is 0 Å². The van der Waals surface area contributed by atoms with Gasteiger partial charge in [-0.05, 0) is 34.1 Å². The second-order valence-electron chi connectivity index (χ2n) is 3.16. The summed E-state index contributed by atoms with van der Waals surface area (Å²) in [6.45, 7) is 0. The standard InChI is InChI=1S/C11H7BrCl2N2O/c12-9-3-7(14)1-2-10(9)17-11-6-15-8(4-13)5-16-11/h1-3,5-6H,4H2. The van der Waals surface area contributed by atoms with Gasteiger partial charge in [0.1, 0.15) is 5.75 Å². The molecule has 0 aliphatic rings. The number of alkyl halides is 1. The molecule has 0 N–H and O–H groups in total. The summed E-state index contributed by atoms with van der Waals surface area (Å²) in [4.78, 5) is 8.17. The van der Waals surface area contributed by atoms with Crippen LogP contribution in [0.3, 0.4) is 0 Å². The summed E-state index contributed by atoms with van der Waals surface area (Å²) >= 11 is 14.8. The summed E-state index contributed by atoms with van der Waals surface area (Å²) in [5.74, 6) is 1.36. The Kier molecular flexibility index (Phi) is 4.20. The summed E-state index contributed by atoms with van der Waals surface area (Å²) in [7, 11) is 0. The lowest BCUT2D eigenvalue weighted by atomic mass is 10.3. The predicted molar refractivity (Wildman–Crippen MR) is 70.8 cm³/mol. The highest BCUT2D eigenvalue weighted by atomic mass is 79.9. The zero-order valence-electron chi connectivity index (χ0n) is 8.53. The molecule has 2 aromatic rings. The average molecular weight is 334 g/mol. The molecular weight excluding hydrogens is 327 g/mol. The lowest BCUT2D eigenvalue weighted by Gasteiger charge is -2.06. The fourth-order valence-corrected chi connectivity index (χ4v) is 2.04. The summed E-state index contributed by atoms with van der Waals surface area (Å²) in [5, 5.41) is 0.632. The first-order valence-corrected chi connectivity index (χ1v) is 6.39. The Labute approximate surface area is 117 Å². The molecule has 0 unspecified atom stereocenters. The van der Waals surface area contributed by atoms with Crippen molar-refractivity contribution in [2.24, 2.45) is 0 Å². The van der Waals surface area contributed by atoms with Crippen molar-refractivity contribution >= 4 is 39.1 Å². The minimum atomic E-state index is 0.331. The number of benzene rings is 1. The van der Waals surface area contributed by atoms with Crippen LogP contribution in [-0.2, 0) is 5.88 Å². The minimum Gasteiger partial charge on any atom is -0.436 e. The normalized spacial score (nSPS) is 10.3. The SMILES string of the molecule is ClCc1cnc(Oc2ccc(Cl)cc2Br)cn1. The topological polar surface area (TPSA) is 35.0 Å². The Morgan fingerprint density at radius 3 is 2.65 bits per heavy atom. The quantitative estimate of drug-likeness (QED) is 0.780. The molecule has 0 aliphatic carbocycles. The van der Waals surface area contributed by atoms with Gasteiger partial charge in [0.05, 0.1) is 28.4 Å². The third kappa shape index (κ3) is 3.31. The van der Waals surface area contributed by atoms with Crippen LogP contribution in [0.4, 0.5) is 0 Å². The first kappa shape index (κ1) is 12.6. The summed E-state index contributed by atoms with van der Waals surface area (Å²) in [6, 6.07) is 5.24. The highest BCUT2D eigenvalue weighted by molar-refractivity contribution is 9.10. The number of ether oxygens (including phenoxy) is 1. The van der Waals surface area contributed by atoms with Gasteiger partial charge in [-0.2, -0.15) is 0 Å². The van der Waals surface area contributed by atoms with E-state index in [-0.39, 0.29) is 0 Å². The van der Waals surface area contributed by atoms with E-state index in [1.165, 1.54) is 6.20 Å². The zero-order chi connectivity index (χ0) is 12.3. The number of aromatic nitrogens is 2. The van der Waals surface area contributed by atoms with Gasteiger partial charge in [-0.25, -0.2) is 4.98 Å². The van der Waals surface area contributed by atoms with Crippen LogP contribution in [0.2, 0.25) is 5.02 Å². The molecule has 0 bridgehead atoms. The van der Waals surface area contributed by atoms with Gasteiger partial charge < -0.3 is 4.74 Å². The molecule has 0 saturated carbocycles. The maximum atomic E-state index is 5.83. The van der Waals surface area contributed by atoms with Gasteiger partial charge in [-0.15, -0.1) is 11.6 Å². The number of nitrogens with zero attached hydrogens (tertiary/aromatic N) is 2. The van der Waals surface area contributed by atoms with Crippen molar-refractivity contribution in [2.75, 3.05) is 0 Å². The van der Waals surface area contributed by atoms with E-state index in [2.05, 4.69) is 25.9 Å². The molecule has 0 aliphatic heterocycles. The maximum absolute atomic E-state index is 5.83. The van der Waals surface area contributed by atoms with Gasteiger partial charge in [-0.3, -0.25) is 4.98 Å². The monoisotopic (exact) mass is 332 g/mol. The highest BCUT2D eigenvalue weighted by Crippen LogP contribution is 2.30. The number of hydrogen-bond donors (Lipinski definition) is 0. The first-order valence-electron chi connectivity index (χ1n) is 4.69. The molecule has 0 spiro atoms. The van der Waals surface area contributed by atoms with Gasteiger partial charge in [0.25, 0.3) is 0 Å². The second-order valence-corrected chi connectivity index (χ2v) is 4.71. The average Bonchev–Trinajstić information content (AvgIpc) is 2.34. The van der Waals surface area contributed by atoms with Crippen LogP contribution in [0.5, 0.6) is 11.6 Å². The van der Waals surface area contributed by atoms with Crippen molar-refractivity contribution in [3.63, 3.8) is 0 Å². The molecule has 3 nitrogen and oxygen atoms in total. The number of halogens is 3. The van der Waals surface area contributed by atoms with Crippen LogP contribution in [0, 0.1) is 0 Å². The fraction of sp³-hybridized carbons (Fsp3) is 0.0909. The van der Waals surface area contributed by atoms with Crippen LogP contribution >= 0.6 is 39.1 Å². The Morgan fingerprint density at radius 1 is 1.24 bits per heavy atom. The molecule has 2 rings (SSSR count). The molecule has 0 atom stereocenters. The van der Waals surface area contributed by atoms with Crippen molar-refractivity contribution < 1.29 is 4.74 Å². The van der Waals surface area contributed by atoms with Crippen LogP contribution in [0.1, 0.15) is 5.69 Å². The van der Waals surface area contributed by atoms with Crippen LogP contribution in [0.25, 0.3) is 0 Å². The molecule has 1 heterocycles. The van der Waals surface area contributed by atoms with Crippen LogP contribution in [-0.4, -0.2) is 9.97 Å². The molecular formula is C11H7BrCl2N2O. The maximum Gasteiger partial charge on any atom is 0.237 e. The van der Waals surface area contributed by atoms with Crippen LogP contribution < -0.4 is 4.74 Å². The van der Waals surface area contributed by atoms with Crippen molar-refractivity contribution in [1.82, 2.24) is 9.97 Å². The Hall–Kier alpha value is -0.840. The molecule has 0 amide bonds. The molecule has 88 valence electrons. The second kappa shape index (κ2) is 5.67. The third-order valence-corrected chi connectivity index (χ3v) is 3.06. The molecule has 17 heavy (non-hydrogen) atoms. The molecule has 0 fully saturated rings. The Balaban J connectivity index is 2.19. The molecule has 6 heteroatoms. The predicted octanol–water partition coefficient (Wildman–Crippen LogP) is 4.42. The Morgan fingerprint density at radius 2 is 2.06 bits per heavy atom. The van der Waals surface area contributed by atoms with Gasteiger partial charge in [0.2, 0.25) is 5.88 Å². The summed E-state index contributed by atoms with van der Waals surface area (Å²) in [5.41, 5.74) is 0.703. The molecule has 1 aromatic carbocycles. The minimum absolute atomic E-state index is 0.331. The number of hydrogen-bond acceptors (Lipinski definition) is 3. The van der Waals surface area contributed by atoms with E-state index in [0.717, 1.165) is 4.47 Å². The largest absolute Gasteiger partial charge is 0.436 e. The van der Waals surface area contributed by atoms with Crippen molar-refractivity contribution in [2.45, 2.75) is 5.88 Å². The van der Waals surface area contributed by atoms with E-state index < -0.39 is 0 Å². The lowest BCUT2D eigenvalue weighted by molar-refractivity contribution is 0.457. The zero-order valence-corrected chi connectivity index (χ0v) is 11.6. The number of rotatable bonds is 3. The van der Waals surface area contributed by atoms with E-state index in [1.54, 1.807) is 24.4 Å². The third-order valence-electron chi connectivity index (χ3n) is 1.93. The Bertz CT molecular complexity index is 519. The smallest absolute Gasteiger partial charge is 0.237 e. The summed E-state index contributed by atoms with van der Waals surface area (Å²) in [6.07, 6.45) is 3.10. The van der Waals surface area contributed by atoms with E-state index in [0.29, 0.717) is 28.2 Å². The van der Waals surface area contributed by atoms with Crippen LogP contribution in [0.15, 0.2) is 35.1 Å². The first-order chi connectivity index (χ1) is 8.19. The molecule has 1 aromatic heterocycles. The van der Waals surface area contributed by atoms with E-state index in [1.807, 2.05) is 0 Å². The summed E-state index contributed by atoms with van der Waals surface area (Å²) < 4.78 is 6.30. The van der Waals surface area contributed by atoms with E-state index in [4.69, 9.17) is 27.9 Å². The molecule has 0 saturated heterocycles. The van der Waals surface area contributed by atoms with Gasteiger partial charge in [0.15, 0.2) is 0 Å². The van der Waals surface area contributed by atoms with Gasteiger partial charge in [0, 0.05) is 5.02 Å². The van der Waals surface area contributed by atoms with Crippen molar-refractivity contribution in [1.29, 1.82) is 0 Å². The van der Waals surface area contributed by atoms with E-state index in [9.17, 15) is 0 Å². The van der Waals surface area contributed by atoms with Crippen molar-refractivity contribution in [3.05, 3.63) is 45.8 Å². The van der Waals surface area contributed by atoms with Crippen molar-refractivity contribution in [3.8, 4) is 11.6 Å².